The van der Waals surface area contributed by atoms with Crippen molar-refractivity contribution in [1.29, 1.82) is 0 Å². The number of anilines is 1. The quantitative estimate of drug-likeness (QED) is 0.872. The van der Waals surface area contributed by atoms with E-state index in [1.54, 1.807) is 18.0 Å². The van der Waals surface area contributed by atoms with E-state index in [4.69, 9.17) is 9.84 Å². The molecule has 0 spiro atoms. The maximum Gasteiger partial charge on any atom is 0.335 e. The lowest BCUT2D eigenvalue weighted by atomic mass is 10.1. The van der Waals surface area contributed by atoms with Crippen LogP contribution >= 0.6 is 15.9 Å². The molecule has 7 heteroatoms. The van der Waals surface area contributed by atoms with Gasteiger partial charge >= 0.3 is 12.0 Å². The SMILES string of the molecule is CC1OCCC1N(C)C(=O)Nc1cc(C(=O)O)ccc1Br. The highest BCUT2D eigenvalue weighted by Gasteiger charge is 2.30. The molecule has 6 nitrogen and oxygen atoms in total. The molecule has 1 aliphatic heterocycles. The third-order valence-corrected chi connectivity index (χ3v) is 4.30. The Bertz CT molecular complexity index is 564. The number of aromatic carboxylic acids is 1. The van der Waals surface area contributed by atoms with E-state index in [0.717, 1.165) is 6.42 Å². The van der Waals surface area contributed by atoms with Crippen LogP contribution in [0.2, 0.25) is 0 Å². The first-order valence-electron chi connectivity index (χ1n) is 6.58. The summed E-state index contributed by atoms with van der Waals surface area (Å²) >= 11 is 3.30. The molecule has 0 bridgehead atoms. The van der Waals surface area contributed by atoms with Crippen molar-refractivity contribution in [2.75, 3.05) is 19.0 Å². The Morgan fingerprint density at radius 3 is 2.76 bits per heavy atom. The standard InChI is InChI=1S/C14H17BrN2O4/c1-8-12(5-6-21-8)17(2)14(20)16-11-7-9(13(18)19)3-4-10(11)15/h3-4,7-8,12H,5-6H2,1-2H3,(H,16,20)(H,18,19). The third-order valence-electron chi connectivity index (χ3n) is 3.61. The summed E-state index contributed by atoms with van der Waals surface area (Å²) in [4.78, 5) is 24.8. The fraction of sp³-hybridized carbons (Fsp3) is 0.429. The number of carbonyl (C=O) groups excluding carboxylic acids is 1. The van der Waals surface area contributed by atoms with Crippen LogP contribution in [0.15, 0.2) is 22.7 Å². The van der Waals surface area contributed by atoms with Gasteiger partial charge in [0.1, 0.15) is 0 Å². The van der Waals surface area contributed by atoms with Crippen LogP contribution in [0.3, 0.4) is 0 Å². The predicted molar refractivity (Wildman–Crippen MR) is 81.7 cm³/mol. The first-order valence-corrected chi connectivity index (χ1v) is 7.37. The molecule has 0 radical (unpaired) electrons. The Kier molecular flexibility index (Phi) is 4.84. The van der Waals surface area contributed by atoms with Crippen molar-refractivity contribution >= 4 is 33.6 Å². The molecule has 0 aromatic heterocycles. The number of carbonyl (C=O) groups is 2. The van der Waals surface area contributed by atoms with Gasteiger partial charge in [-0.15, -0.1) is 0 Å². The molecule has 1 fully saturated rings. The zero-order chi connectivity index (χ0) is 15.6. The maximum absolute atomic E-state index is 12.3. The average Bonchev–Trinajstić information content (AvgIpc) is 2.86. The molecule has 0 aliphatic carbocycles. The van der Waals surface area contributed by atoms with Crippen molar-refractivity contribution in [3.63, 3.8) is 0 Å². The summed E-state index contributed by atoms with van der Waals surface area (Å²) in [7, 11) is 1.71. The number of nitrogens with zero attached hydrogens (tertiary/aromatic N) is 1. The van der Waals surface area contributed by atoms with Gasteiger partial charge in [-0.3, -0.25) is 0 Å². The van der Waals surface area contributed by atoms with Crippen LogP contribution in [-0.2, 0) is 4.74 Å². The number of rotatable bonds is 3. The highest BCUT2D eigenvalue weighted by molar-refractivity contribution is 9.10. The molecule has 2 N–H and O–H groups in total. The van der Waals surface area contributed by atoms with Crippen LogP contribution in [0.5, 0.6) is 0 Å². The number of benzene rings is 1. The lowest BCUT2D eigenvalue weighted by Gasteiger charge is -2.27. The number of amides is 2. The molecule has 2 rings (SSSR count). The van der Waals surface area contributed by atoms with Gasteiger partial charge in [0, 0.05) is 18.1 Å². The van der Waals surface area contributed by atoms with Crippen molar-refractivity contribution in [3.05, 3.63) is 28.2 Å². The zero-order valence-corrected chi connectivity index (χ0v) is 13.4. The van der Waals surface area contributed by atoms with Gasteiger partial charge in [0.25, 0.3) is 0 Å². The Morgan fingerprint density at radius 1 is 1.48 bits per heavy atom. The zero-order valence-electron chi connectivity index (χ0n) is 11.8. The van der Waals surface area contributed by atoms with Crippen molar-refractivity contribution in [3.8, 4) is 0 Å². The second-order valence-electron chi connectivity index (χ2n) is 4.97. The monoisotopic (exact) mass is 356 g/mol. The molecule has 1 saturated heterocycles. The minimum atomic E-state index is -1.04. The van der Waals surface area contributed by atoms with Crippen LogP contribution in [0.4, 0.5) is 10.5 Å². The molecule has 2 unspecified atom stereocenters. The summed E-state index contributed by atoms with van der Waals surface area (Å²) in [5.74, 6) is -1.04. The second-order valence-corrected chi connectivity index (χ2v) is 5.83. The van der Waals surface area contributed by atoms with E-state index in [-0.39, 0.29) is 23.7 Å². The smallest absolute Gasteiger partial charge is 0.335 e. The van der Waals surface area contributed by atoms with Crippen LogP contribution < -0.4 is 5.32 Å². The van der Waals surface area contributed by atoms with E-state index in [1.807, 2.05) is 6.92 Å². The summed E-state index contributed by atoms with van der Waals surface area (Å²) < 4.78 is 6.08. The third kappa shape index (κ3) is 3.54. The van der Waals surface area contributed by atoms with E-state index in [0.29, 0.717) is 16.8 Å². The van der Waals surface area contributed by atoms with Crippen LogP contribution in [0.1, 0.15) is 23.7 Å². The van der Waals surface area contributed by atoms with E-state index >= 15 is 0 Å². The van der Waals surface area contributed by atoms with E-state index in [9.17, 15) is 9.59 Å². The largest absolute Gasteiger partial charge is 0.478 e. The molecular weight excluding hydrogens is 340 g/mol. The van der Waals surface area contributed by atoms with Gasteiger partial charge in [0.15, 0.2) is 0 Å². The fourth-order valence-corrected chi connectivity index (χ4v) is 2.68. The fourth-order valence-electron chi connectivity index (χ4n) is 2.34. The lowest BCUT2D eigenvalue weighted by molar-refractivity contribution is 0.0697. The number of carboxylic acid groups (broad SMARTS) is 1. The number of nitrogens with one attached hydrogen (secondary N) is 1. The number of hydrogen-bond acceptors (Lipinski definition) is 3. The summed E-state index contributed by atoms with van der Waals surface area (Å²) in [5, 5.41) is 11.7. The Hall–Kier alpha value is -1.60. The van der Waals surface area contributed by atoms with Crippen molar-refractivity contribution < 1.29 is 19.4 Å². The Labute approximate surface area is 131 Å². The van der Waals surface area contributed by atoms with Gasteiger partial charge in [-0.1, -0.05) is 0 Å². The van der Waals surface area contributed by atoms with Gasteiger partial charge in [-0.2, -0.15) is 0 Å². The van der Waals surface area contributed by atoms with E-state index in [2.05, 4.69) is 21.2 Å². The Morgan fingerprint density at radius 2 is 2.19 bits per heavy atom. The molecular formula is C14H17BrN2O4. The maximum atomic E-state index is 12.3. The highest BCUT2D eigenvalue weighted by Crippen LogP contribution is 2.25. The number of urea groups is 1. The Balaban J connectivity index is 2.12. The number of ether oxygens (including phenoxy) is 1. The summed E-state index contributed by atoms with van der Waals surface area (Å²) in [6.45, 7) is 2.57. The summed E-state index contributed by atoms with van der Waals surface area (Å²) in [6, 6.07) is 4.22. The van der Waals surface area contributed by atoms with Gasteiger partial charge in [-0.25, -0.2) is 9.59 Å². The van der Waals surface area contributed by atoms with Gasteiger partial charge < -0.3 is 20.1 Å². The van der Waals surface area contributed by atoms with E-state index < -0.39 is 5.97 Å². The van der Waals surface area contributed by atoms with Crippen LogP contribution in [-0.4, -0.2) is 47.8 Å². The minimum Gasteiger partial charge on any atom is -0.478 e. The van der Waals surface area contributed by atoms with Crippen molar-refractivity contribution in [2.24, 2.45) is 0 Å². The van der Waals surface area contributed by atoms with Gasteiger partial charge in [-0.05, 0) is 47.5 Å². The average molecular weight is 357 g/mol. The van der Waals surface area contributed by atoms with Gasteiger partial charge in [0.2, 0.25) is 0 Å². The normalized spacial score (nSPS) is 21.1. The predicted octanol–water partition coefficient (Wildman–Crippen LogP) is 2.79. The minimum absolute atomic E-state index is 0.00505. The first kappa shape index (κ1) is 15.8. The number of hydrogen-bond donors (Lipinski definition) is 2. The van der Waals surface area contributed by atoms with Crippen molar-refractivity contribution in [1.82, 2.24) is 4.90 Å². The highest BCUT2D eigenvalue weighted by atomic mass is 79.9. The second kappa shape index (κ2) is 6.44. The molecule has 21 heavy (non-hydrogen) atoms. The molecule has 2 amide bonds. The molecule has 0 saturated carbocycles. The molecule has 2 atom stereocenters. The van der Waals surface area contributed by atoms with Crippen LogP contribution in [0.25, 0.3) is 0 Å². The molecule has 1 heterocycles. The lowest BCUT2D eigenvalue weighted by Crippen LogP contribution is -2.43. The van der Waals surface area contributed by atoms with E-state index in [1.165, 1.54) is 12.1 Å². The number of likely N-dealkylation sites (N-methyl/N-ethyl adjacent to an activating group) is 1. The molecule has 1 aromatic carbocycles. The molecule has 114 valence electrons. The first-order chi connectivity index (χ1) is 9.90. The summed E-state index contributed by atoms with van der Waals surface area (Å²) in [6.07, 6.45) is 0.788. The molecule has 1 aromatic rings. The van der Waals surface area contributed by atoms with Crippen molar-refractivity contribution in [2.45, 2.75) is 25.5 Å². The van der Waals surface area contributed by atoms with Gasteiger partial charge in [0.05, 0.1) is 23.4 Å². The summed E-state index contributed by atoms with van der Waals surface area (Å²) in [5.41, 5.74) is 0.548. The number of carboxylic acids is 1. The van der Waals surface area contributed by atoms with Crippen LogP contribution in [0, 0.1) is 0 Å². The number of halogens is 1. The topological polar surface area (TPSA) is 78.9 Å². The molecule has 1 aliphatic rings.